The standard InChI is InChI=1S/C20H26F3N5/c1-24-19(27-14-5-4-13-26-18-6-2-3-12-25-18)28-15-11-16-7-9-17(10-8-16)20(21,22)23/h2-3,6-10,12H,4-5,11,13-15H2,1H3,(H,25,26)(H2,24,27,28). The second-order valence-corrected chi connectivity index (χ2v) is 6.22. The maximum Gasteiger partial charge on any atom is 0.416 e. The Morgan fingerprint density at radius 3 is 2.32 bits per heavy atom. The average Bonchev–Trinajstić information content (AvgIpc) is 2.69. The number of nitrogens with zero attached hydrogens (tertiary/aromatic N) is 2. The summed E-state index contributed by atoms with van der Waals surface area (Å²) in [5, 5.41) is 9.66. The van der Waals surface area contributed by atoms with Crippen molar-refractivity contribution in [2.45, 2.75) is 25.4 Å². The molecule has 5 nitrogen and oxygen atoms in total. The molecule has 0 spiro atoms. The van der Waals surface area contributed by atoms with Crippen LogP contribution in [0.2, 0.25) is 0 Å². The van der Waals surface area contributed by atoms with Gasteiger partial charge in [-0.25, -0.2) is 4.98 Å². The molecule has 0 aliphatic carbocycles. The number of rotatable bonds is 9. The Balaban J connectivity index is 1.58. The zero-order valence-corrected chi connectivity index (χ0v) is 15.9. The van der Waals surface area contributed by atoms with Crippen LogP contribution in [-0.2, 0) is 12.6 Å². The van der Waals surface area contributed by atoms with Crippen molar-refractivity contribution in [2.75, 3.05) is 32.0 Å². The van der Waals surface area contributed by atoms with Crippen LogP contribution in [-0.4, -0.2) is 37.6 Å². The van der Waals surface area contributed by atoms with Gasteiger partial charge in [-0.1, -0.05) is 18.2 Å². The van der Waals surface area contributed by atoms with Gasteiger partial charge in [-0.15, -0.1) is 0 Å². The molecule has 0 unspecified atom stereocenters. The minimum Gasteiger partial charge on any atom is -0.370 e. The SMILES string of the molecule is CN=C(NCCCCNc1ccccn1)NCCc1ccc(C(F)(F)F)cc1. The lowest BCUT2D eigenvalue weighted by Gasteiger charge is -2.12. The van der Waals surface area contributed by atoms with E-state index in [1.807, 2.05) is 18.2 Å². The Labute approximate surface area is 163 Å². The van der Waals surface area contributed by atoms with Crippen molar-refractivity contribution in [2.24, 2.45) is 4.99 Å². The van der Waals surface area contributed by atoms with Crippen LogP contribution in [0.1, 0.15) is 24.0 Å². The molecule has 0 bridgehead atoms. The molecule has 1 heterocycles. The van der Waals surface area contributed by atoms with Crippen molar-refractivity contribution in [3.8, 4) is 0 Å². The molecule has 2 rings (SSSR count). The predicted molar refractivity (Wildman–Crippen MR) is 106 cm³/mol. The molecule has 2 aromatic rings. The molecule has 1 aromatic carbocycles. The van der Waals surface area contributed by atoms with E-state index in [-0.39, 0.29) is 0 Å². The van der Waals surface area contributed by atoms with E-state index in [4.69, 9.17) is 0 Å². The molecule has 1 aromatic heterocycles. The Morgan fingerprint density at radius 2 is 1.68 bits per heavy atom. The molecule has 0 saturated heterocycles. The van der Waals surface area contributed by atoms with Crippen LogP contribution in [0.15, 0.2) is 53.7 Å². The number of alkyl halides is 3. The van der Waals surface area contributed by atoms with Gasteiger partial charge in [0.2, 0.25) is 0 Å². The van der Waals surface area contributed by atoms with E-state index in [1.54, 1.807) is 13.2 Å². The van der Waals surface area contributed by atoms with E-state index in [1.165, 1.54) is 12.1 Å². The minimum atomic E-state index is -4.30. The van der Waals surface area contributed by atoms with Crippen molar-refractivity contribution in [3.63, 3.8) is 0 Å². The third-order valence-corrected chi connectivity index (χ3v) is 4.08. The van der Waals surface area contributed by atoms with Gasteiger partial charge in [0.15, 0.2) is 5.96 Å². The molecule has 3 N–H and O–H groups in total. The Kier molecular flexibility index (Phi) is 8.58. The lowest BCUT2D eigenvalue weighted by Crippen LogP contribution is -2.38. The monoisotopic (exact) mass is 393 g/mol. The Bertz CT molecular complexity index is 715. The number of anilines is 1. The van der Waals surface area contributed by atoms with E-state index in [2.05, 4.69) is 25.9 Å². The molecule has 0 fully saturated rings. The van der Waals surface area contributed by atoms with Crippen LogP contribution in [0, 0.1) is 0 Å². The number of guanidine groups is 1. The zero-order chi connectivity index (χ0) is 20.2. The quantitative estimate of drug-likeness (QED) is 0.345. The van der Waals surface area contributed by atoms with Gasteiger partial charge in [-0.3, -0.25) is 4.99 Å². The van der Waals surface area contributed by atoms with Crippen molar-refractivity contribution in [3.05, 3.63) is 59.8 Å². The van der Waals surface area contributed by atoms with Gasteiger partial charge in [0.25, 0.3) is 0 Å². The molecule has 0 aliphatic heterocycles. The van der Waals surface area contributed by atoms with Gasteiger partial charge in [0.05, 0.1) is 5.56 Å². The van der Waals surface area contributed by atoms with Crippen molar-refractivity contribution in [1.82, 2.24) is 15.6 Å². The summed E-state index contributed by atoms with van der Waals surface area (Å²) >= 11 is 0. The fourth-order valence-electron chi connectivity index (χ4n) is 2.55. The summed E-state index contributed by atoms with van der Waals surface area (Å²) in [4.78, 5) is 8.35. The number of hydrogen-bond donors (Lipinski definition) is 3. The summed E-state index contributed by atoms with van der Waals surface area (Å²) in [6.45, 7) is 2.22. The summed E-state index contributed by atoms with van der Waals surface area (Å²) in [6.07, 6.45) is 0.0402. The third kappa shape index (κ3) is 7.85. The number of pyridine rings is 1. The summed E-state index contributed by atoms with van der Waals surface area (Å²) < 4.78 is 37.7. The van der Waals surface area contributed by atoms with Gasteiger partial charge in [0, 0.05) is 32.9 Å². The third-order valence-electron chi connectivity index (χ3n) is 4.08. The molecule has 0 amide bonds. The number of aliphatic imine (C=N–C) groups is 1. The van der Waals surface area contributed by atoms with Crippen molar-refractivity contribution >= 4 is 11.8 Å². The highest BCUT2D eigenvalue weighted by Crippen LogP contribution is 2.29. The largest absolute Gasteiger partial charge is 0.416 e. The molecular formula is C20H26F3N5. The predicted octanol–water partition coefficient (Wildman–Crippen LogP) is 3.70. The number of benzene rings is 1. The van der Waals surface area contributed by atoms with E-state index < -0.39 is 11.7 Å². The Morgan fingerprint density at radius 1 is 0.964 bits per heavy atom. The van der Waals surface area contributed by atoms with Gasteiger partial charge in [0.1, 0.15) is 5.82 Å². The first-order valence-corrected chi connectivity index (χ1v) is 9.24. The van der Waals surface area contributed by atoms with Gasteiger partial charge < -0.3 is 16.0 Å². The molecule has 0 radical (unpaired) electrons. The topological polar surface area (TPSA) is 61.3 Å². The summed E-state index contributed by atoms with van der Waals surface area (Å²) in [6, 6.07) is 11.0. The van der Waals surface area contributed by atoms with E-state index >= 15 is 0 Å². The number of nitrogens with one attached hydrogen (secondary N) is 3. The van der Waals surface area contributed by atoms with Crippen LogP contribution in [0.25, 0.3) is 0 Å². The van der Waals surface area contributed by atoms with Crippen LogP contribution in [0.4, 0.5) is 19.0 Å². The van der Waals surface area contributed by atoms with Gasteiger partial charge >= 0.3 is 6.18 Å². The number of halogens is 3. The van der Waals surface area contributed by atoms with Crippen LogP contribution >= 0.6 is 0 Å². The maximum absolute atomic E-state index is 12.6. The molecular weight excluding hydrogens is 367 g/mol. The second kappa shape index (κ2) is 11.2. The fraction of sp³-hybridized carbons (Fsp3) is 0.400. The molecule has 152 valence electrons. The van der Waals surface area contributed by atoms with Crippen LogP contribution < -0.4 is 16.0 Å². The van der Waals surface area contributed by atoms with Gasteiger partial charge in [-0.05, 0) is 49.1 Å². The van der Waals surface area contributed by atoms with Gasteiger partial charge in [-0.2, -0.15) is 13.2 Å². The summed E-state index contributed by atoms with van der Waals surface area (Å²) in [7, 11) is 1.69. The molecule has 0 atom stereocenters. The number of aromatic nitrogens is 1. The van der Waals surface area contributed by atoms with Crippen LogP contribution in [0.3, 0.4) is 0 Å². The second-order valence-electron chi connectivity index (χ2n) is 6.22. The van der Waals surface area contributed by atoms with Crippen molar-refractivity contribution < 1.29 is 13.2 Å². The molecule has 28 heavy (non-hydrogen) atoms. The number of hydrogen-bond acceptors (Lipinski definition) is 3. The highest BCUT2D eigenvalue weighted by atomic mass is 19.4. The van der Waals surface area contributed by atoms with E-state index in [9.17, 15) is 13.2 Å². The molecule has 0 saturated carbocycles. The smallest absolute Gasteiger partial charge is 0.370 e. The van der Waals surface area contributed by atoms with Crippen molar-refractivity contribution in [1.29, 1.82) is 0 Å². The number of unbranched alkanes of at least 4 members (excludes halogenated alkanes) is 1. The van der Waals surface area contributed by atoms with Crippen LogP contribution in [0.5, 0.6) is 0 Å². The first-order valence-electron chi connectivity index (χ1n) is 9.24. The maximum atomic E-state index is 12.6. The molecule has 8 heteroatoms. The lowest BCUT2D eigenvalue weighted by atomic mass is 10.1. The Hall–Kier alpha value is -2.77. The first-order chi connectivity index (χ1) is 13.5. The molecule has 0 aliphatic rings. The highest BCUT2D eigenvalue weighted by Gasteiger charge is 2.29. The normalized spacial score (nSPS) is 11.9. The highest BCUT2D eigenvalue weighted by molar-refractivity contribution is 5.79. The average molecular weight is 393 g/mol. The van der Waals surface area contributed by atoms with E-state index in [0.29, 0.717) is 18.9 Å². The fourth-order valence-corrected chi connectivity index (χ4v) is 2.55. The summed E-state index contributed by atoms with van der Waals surface area (Å²) in [5.74, 6) is 1.56. The summed E-state index contributed by atoms with van der Waals surface area (Å²) in [5.41, 5.74) is 0.218. The minimum absolute atomic E-state index is 0.590. The lowest BCUT2D eigenvalue weighted by molar-refractivity contribution is -0.137. The van der Waals surface area contributed by atoms with E-state index in [0.717, 1.165) is 49.4 Å². The zero-order valence-electron chi connectivity index (χ0n) is 15.9. The first kappa shape index (κ1) is 21.5.